The number of aromatic hydroxyl groups is 1. The number of nitrogens with one attached hydrogen (secondary N) is 1. The number of carbonyl (C=O) groups excluding carboxylic acids is 1. The molecule has 1 aliphatic heterocycles. The van der Waals surface area contributed by atoms with Gasteiger partial charge in [-0.25, -0.2) is 0 Å². The second-order valence-corrected chi connectivity index (χ2v) is 11.9. The number of aliphatic hydroxyl groups excluding tert-OH is 2. The van der Waals surface area contributed by atoms with Crippen molar-refractivity contribution in [2.24, 2.45) is 5.92 Å². The summed E-state index contributed by atoms with van der Waals surface area (Å²) in [4.78, 5) is 13.4. The van der Waals surface area contributed by atoms with Crippen LogP contribution in [0.15, 0.2) is 97.1 Å². The fraction of sp³-hybridized carbons (Fsp3) is 0.324. The molecule has 0 aromatic heterocycles. The molecule has 0 saturated carbocycles. The molecule has 0 unspecified atom stereocenters. The van der Waals surface area contributed by atoms with Crippen LogP contribution in [0, 0.1) is 5.92 Å². The molecule has 1 saturated heterocycles. The maximum atomic E-state index is 11.4. The van der Waals surface area contributed by atoms with Crippen molar-refractivity contribution in [2.75, 3.05) is 20.1 Å². The van der Waals surface area contributed by atoms with Gasteiger partial charge in [0.25, 0.3) is 0 Å². The highest BCUT2D eigenvalue weighted by molar-refractivity contribution is 5.73. The lowest BCUT2D eigenvalue weighted by atomic mass is 9.90. The first kappa shape index (κ1) is 32.3. The van der Waals surface area contributed by atoms with E-state index in [0.29, 0.717) is 25.2 Å². The second-order valence-electron chi connectivity index (χ2n) is 11.9. The third kappa shape index (κ3) is 8.36. The SMILES string of the molecule is CC(=O)NCc1cccc(-c2ccc([C@H]3O[C@@H](CN(C)C[C@@H](O)c4cccc(O)c4)[C@@H](C)[C@@H](c4ccc(CO)cc4)O3)cc2)c1. The molecule has 4 N–H and O–H groups in total. The van der Waals surface area contributed by atoms with Gasteiger partial charge in [-0.3, -0.25) is 4.79 Å². The number of aliphatic hydroxyl groups is 2. The third-order valence-electron chi connectivity index (χ3n) is 8.34. The van der Waals surface area contributed by atoms with Gasteiger partial charge < -0.3 is 35.0 Å². The lowest BCUT2D eigenvalue weighted by molar-refractivity contribution is -0.276. The summed E-state index contributed by atoms with van der Waals surface area (Å²) in [5.41, 5.74) is 6.51. The summed E-state index contributed by atoms with van der Waals surface area (Å²) in [7, 11) is 1.95. The first-order chi connectivity index (χ1) is 21.7. The number of hydrogen-bond acceptors (Lipinski definition) is 7. The smallest absolute Gasteiger partial charge is 0.217 e. The van der Waals surface area contributed by atoms with Crippen molar-refractivity contribution < 1.29 is 29.6 Å². The minimum Gasteiger partial charge on any atom is -0.508 e. The molecule has 5 rings (SSSR count). The summed E-state index contributed by atoms with van der Waals surface area (Å²) >= 11 is 0. The van der Waals surface area contributed by atoms with Gasteiger partial charge in [-0.05, 0) is 58.6 Å². The molecule has 4 aromatic carbocycles. The zero-order valence-electron chi connectivity index (χ0n) is 26.0. The van der Waals surface area contributed by atoms with Crippen LogP contribution in [0.2, 0.25) is 0 Å². The normalized spacial score (nSPS) is 20.6. The Morgan fingerprint density at radius 1 is 0.889 bits per heavy atom. The molecule has 1 aliphatic rings. The Morgan fingerprint density at radius 2 is 1.60 bits per heavy atom. The molecule has 1 heterocycles. The molecule has 236 valence electrons. The van der Waals surface area contributed by atoms with Crippen molar-refractivity contribution in [1.82, 2.24) is 10.2 Å². The van der Waals surface area contributed by atoms with Crippen molar-refractivity contribution in [3.8, 4) is 16.9 Å². The molecule has 8 heteroatoms. The predicted octanol–water partition coefficient (Wildman–Crippen LogP) is 5.64. The molecule has 4 aromatic rings. The first-order valence-corrected chi connectivity index (χ1v) is 15.3. The maximum absolute atomic E-state index is 11.4. The third-order valence-corrected chi connectivity index (χ3v) is 8.34. The molecule has 1 fully saturated rings. The quantitative estimate of drug-likeness (QED) is 0.174. The summed E-state index contributed by atoms with van der Waals surface area (Å²) in [5, 5.41) is 33.1. The highest BCUT2D eigenvalue weighted by atomic mass is 16.7. The van der Waals surface area contributed by atoms with E-state index in [9.17, 15) is 20.1 Å². The first-order valence-electron chi connectivity index (χ1n) is 15.3. The molecule has 0 bridgehead atoms. The lowest BCUT2D eigenvalue weighted by Crippen LogP contribution is -2.44. The van der Waals surface area contributed by atoms with E-state index >= 15 is 0 Å². The van der Waals surface area contributed by atoms with Gasteiger partial charge in [-0.15, -0.1) is 0 Å². The Balaban J connectivity index is 1.35. The highest BCUT2D eigenvalue weighted by Gasteiger charge is 2.39. The van der Waals surface area contributed by atoms with Crippen LogP contribution in [0.3, 0.4) is 0 Å². The predicted molar refractivity (Wildman–Crippen MR) is 173 cm³/mol. The molecule has 0 spiro atoms. The van der Waals surface area contributed by atoms with E-state index in [1.54, 1.807) is 24.3 Å². The fourth-order valence-electron chi connectivity index (χ4n) is 5.76. The number of likely N-dealkylation sites (N-methyl/N-ethyl adjacent to an activating group) is 1. The van der Waals surface area contributed by atoms with E-state index < -0.39 is 12.4 Å². The van der Waals surface area contributed by atoms with Crippen LogP contribution < -0.4 is 5.32 Å². The van der Waals surface area contributed by atoms with Crippen LogP contribution in [0.4, 0.5) is 0 Å². The molecule has 8 nitrogen and oxygen atoms in total. The van der Waals surface area contributed by atoms with Gasteiger partial charge >= 0.3 is 0 Å². The summed E-state index contributed by atoms with van der Waals surface area (Å²) in [5.74, 6) is 0.0516. The number of phenols is 1. The highest BCUT2D eigenvalue weighted by Crippen LogP contribution is 2.42. The summed E-state index contributed by atoms with van der Waals surface area (Å²) < 4.78 is 13.2. The standard InChI is InChI=1S/C37H42N2O6/c1-24-35(22-39(3)21-34(43)32-8-5-9-33(42)19-32)44-37(45-36(24)29-12-10-26(23-40)11-13-29)30-16-14-28(15-17-30)31-7-4-6-27(18-31)20-38-25(2)41/h4-19,24,34-37,40,42-43H,20-23H2,1-3H3,(H,38,41)/t24-,34-,35+,36+,37+/m1/s1. The van der Waals surface area contributed by atoms with Gasteiger partial charge in [0.2, 0.25) is 5.91 Å². The topological polar surface area (TPSA) is 111 Å². The molecule has 0 aliphatic carbocycles. The van der Waals surface area contributed by atoms with Crippen LogP contribution in [0.25, 0.3) is 11.1 Å². The van der Waals surface area contributed by atoms with E-state index in [0.717, 1.165) is 33.4 Å². The second kappa shape index (κ2) is 14.8. The number of benzene rings is 4. The van der Waals surface area contributed by atoms with E-state index in [1.807, 2.05) is 66.5 Å². The van der Waals surface area contributed by atoms with Gasteiger partial charge in [-0.2, -0.15) is 0 Å². The number of nitrogens with zero attached hydrogens (tertiary/aromatic N) is 1. The number of phenolic OH excluding ortho intramolecular Hbond substituents is 1. The summed E-state index contributed by atoms with van der Waals surface area (Å²) in [6, 6.07) is 30.8. The van der Waals surface area contributed by atoms with Gasteiger partial charge in [0.1, 0.15) is 5.75 Å². The van der Waals surface area contributed by atoms with Crippen LogP contribution >= 0.6 is 0 Å². The minimum atomic E-state index is -0.765. The van der Waals surface area contributed by atoms with Crippen molar-refractivity contribution in [1.29, 1.82) is 0 Å². The lowest BCUT2D eigenvalue weighted by Gasteiger charge is -2.42. The number of carbonyl (C=O) groups is 1. The van der Waals surface area contributed by atoms with Crippen LogP contribution in [-0.4, -0.2) is 52.4 Å². The number of ether oxygens (including phenoxy) is 2. The van der Waals surface area contributed by atoms with Crippen LogP contribution in [0.5, 0.6) is 5.75 Å². The van der Waals surface area contributed by atoms with Crippen LogP contribution in [0.1, 0.15) is 60.2 Å². The monoisotopic (exact) mass is 610 g/mol. The fourth-order valence-corrected chi connectivity index (χ4v) is 5.76. The average Bonchev–Trinajstić information content (AvgIpc) is 3.05. The number of rotatable bonds is 11. The largest absolute Gasteiger partial charge is 0.508 e. The number of amides is 1. The summed E-state index contributed by atoms with van der Waals surface area (Å²) in [6.07, 6.45) is -1.84. The Kier molecular flexibility index (Phi) is 10.7. The van der Waals surface area contributed by atoms with Crippen molar-refractivity contribution in [3.05, 3.63) is 125 Å². The average molecular weight is 611 g/mol. The Hall–Kier alpha value is -4.05. The molecule has 1 amide bonds. The zero-order valence-corrected chi connectivity index (χ0v) is 26.0. The molecule has 45 heavy (non-hydrogen) atoms. The van der Waals surface area contributed by atoms with Gasteiger partial charge in [-0.1, -0.05) is 85.8 Å². The van der Waals surface area contributed by atoms with Gasteiger partial charge in [0.15, 0.2) is 6.29 Å². The Labute approximate surface area is 264 Å². The van der Waals surface area contributed by atoms with E-state index in [1.165, 1.54) is 6.92 Å². The Bertz CT molecular complexity index is 1560. The molecular formula is C37H42N2O6. The molecule has 5 atom stereocenters. The minimum absolute atomic E-state index is 0.00721. The summed E-state index contributed by atoms with van der Waals surface area (Å²) in [6.45, 7) is 5.00. The van der Waals surface area contributed by atoms with E-state index in [2.05, 4.69) is 30.4 Å². The Morgan fingerprint density at radius 3 is 2.29 bits per heavy atom. The van der Waals surface area contributed by atoms with Crippen molar-refractivity contribution in [3.63, 3.8) is 0 Å². The van der Waals surface area contributed by atoms with Crippen LogP contribution in [-0.2, 0) is 27.4 Å². The zero-order chi connectivity index (χ0) is 31.9. The van der Waals surface area contributed by atoms with E-state index in [-0.39, 0.29) is 36.4 Å². The molecular weight excluding hydrogens is 568 g/mol. The van der Waals surface area contributed by atoms with Gasteiger partial charge in [0, 0.05) is 38.0 Å². The van der Waals surface area contributed by atoms with Gasteiger partial charge in [0.05, 0.1) is 24.9 Å². The van der Waals surface area contributed by atoms with Crippen molar-refractivity contribution in [2.45, 2.75) is 51.6 Å². The number of hydrogen-bond donors (Lipinski definition) is 4. The van der Waals surface area contributed by atoms with E-state index in [4.69, 9.17) is 9.47 Å². The maximum Gasteiger partial charge on any atom is 0.217 e. The molecule has 0 radical (unpaired) electrons. The van der Waals surface area contributed by atoms with Crippen molar-refractivity contribution >= 4 is 5.91 Å².